The summed E-state index contributed by atoms with van der Waals surface area (Å²) in [5.41, 5.74) is 0. The molecule has 1 saturated heterocycles. The summed E-state index contributed by atoms with van der Waals surface area (Å²) in [4.78, 5) is 14.3. The topological polar surface area (TPSA) is 44.4 Å². The normalized spacial score (nSPS) is 23.6. The number of carbonyl (C=O) groups excluding carboxylic acids is 1. The molecule has 1 aliphatic carbocycles. The van der Waals surface area contributed by atoms with Crippen molar-refractivity contribution in [1.29, 1.82) is 0 Å². The van der Waals surface area contributed by atoms with Gasteiger partial charge in [-0.15, -0.1) is 0 Å². The molecule has 2 rings (SSSR count). The van der Waals surface area contributed by atoms with Crippen molar-refractivity contribution in [1.82, 2.24) is 15.5 Å². The van der Waals surface area contributed by atoms with Crippen LogP contribution in [0.25, 0.3) is 0 Å². The van der Waals surface area contributed by atoms with Crippen molar-refractivity contribution in [3.63, 3.8) is 0 Å². The van der Waals surface area contributed by atoms with E-state index in [1.807, 2.05) is 0 Å². The van der Waals surface area contributed by atoms with Gasteiger partial charge in [0.1, 0.15) is 0 Å². The fourth-order valence-electron chi connectivity index (χ4n) is 3.65. The summed E-state index contributed by atoms with van der Waals surface area (Å²) in [5, 5.41) is 6.43. The monoisotopic (exact) mass is 295 g/mol. The van der Waals surface area contributed by atoms with Crippen LogP contribution in [0, 0.1) is 5.92 Å². The SMILES string of the molecule is CN(CCCNC(=O)CCC1CCNC1)C1CCCCC1. The number of hydrogen-bond donors (Lipinski definition) is 2. The van der Waals surface area contributed by atoms with E-state index in [1.54, 1.807) is 0 Å². The van der Waals surface area contributed by atoms with Gasteiger partial charge in [-0.3, -0.25) is 4.79 Å². The van der Waals surface area contributed by atoms with Crippen molar-refractivity contribution in [2.24, 2.45) is 5.92 Å². The molecule has 4 heteroatoms. The molecular weight excluding hydrogens is 262 g/mol. The molecule has 2 N–H and O–H groups in total. The van der Waals surface area contributed by atoms with Gasteiger partial charge in [-0.05, 0) is 64.7 Å². The molecule has 2 aliphatic rings. The molecule has 0 radical (unpaired) electrons. The van der Waals surface area contributed by atoms with E-state index in [-0.39, 0.29) is 5.91 Å². The summed E-state index contributed by atoms with van der Waals surface area (Å²) in [5.74, 6) is 0.954. The van der Waals surface area contributed by atoms with Crippen LogP contribution in [0.15, 0.2) is 0 Å². The Morgan fingerprint density at radius 3 is 2.76 bits per heavy atom. The highest BCUT2D eigenvalue weighted by Gasteiger charge is 2.18. The molecule has 4 nitrogen and oxygen atoms in total. The molecular formula is C17H33N3O. The second kappa shape index (κ2) is 9.42. The summed E-state index contributed by atoms with van der Waals surface area (Å²) < 4.78 is 0. The Balaban J connectivity index is 1.47. The van der Waals surface area contributed by atoms with Crippen LogP contribution in [0.2, 0.25) is 0 Å². The van der Waals surface area contributed by atoms with Crippen LogP contribution in [0.5, 0.6) is 0 Å². The molecule has 1 saturated carbocycles. The highest BCUT2D eigenvalue weighted by atomic mass is 16.1. The van der Waals surface area contributed by atoms with Gasteiger partial charge >= 0.3 is 0 Å². The highest BCUT2D eigenvalue weighted by Crippen LogP contribution is 2.21. The predicted molar refractivity (Wildman–Crippen MR) is 87.3 cm³/mol. The van der Waals surface area contributed by atoms with Crippen molar-refractivity contribution in [2.75, 3.05) is 33.2 Å². The molecule has 0 aromatic rings. The minimum Gasteiger partial charge on any atom is -0.356 e. The molecule has 0 spiro atoms. The van der Waals surface area contributed by atoms with E-state index in [0.717, 1.165) is 45.1 Å². The first-order valence-electron chi connectivity index (χ1n) is 8.93. The standard InChI is InChI=1S/C17H33N3O/c1-20(16-6-3-2-4-7-16)13-5-11-19-17(21)9-8-15-10-12-18-14-15/h15-16,18H,2-14H2,1H3,(H,19,21). The van der Waals surface area contributed by atoms with Crippen LogP contribution in [0.4, 0.5) is 0 Å². The lowest BCUT2D eigenvalue weighted by Gasteiger charge is -2.31. The third kappa shape index (κ3) is 6.35. The number of carbonyl (C=O) groups is 1. The first kappa shape index (κ1) is 16.8. The minimum absolute atomic E-state index is 0.238. The molecule has 1 heterocycles. The Bertz CT molecular complexity index is 296. The van der Waals surface area contributed by atoms with Gasteiger partial charge in [0.05, 0.1) is 0 Å². The van der Waals surface area contributed by atoms with Gasteiger partial charge in [-0.2, -0.15) is 0 Å². The Morgan fingerprint density at radius 1 is 1.24 bits per heavy atom. The zero-order valence-corrected chi connectivity index (χ0v) is 13.7. The van der Waals surface area contributed by atoms with E-state index in [9.17, 15) is 4.79 Å². The van der Waals surface area contributed by atoms with Crippen molar-refractivity contribution in [2.45, 2.75) is 63.8 Å². The van der Waals surface area contributed by atoms with E-state index in [0.29, 0.717) is 12.3 Å². The number of nitrogens with one attached hydrogen (secondary N) is 2. The van der Waals surface area contributed by atoms with Gasteiger partial charge in [-0.25, -0.2) is 0 Å². The fraction of sp³-hybridized carbons (Fsp3) is 0.941. The van der Waals surface area contributed by atoms with Crippen LogP contribution >= 0.6 is 0 Å². The Morgan fingerprint density at radius 2 is 2.05 bits per heavy atom. The Hall–Kier alpha value is -0.610. The first-order chi connectivity index (χ1) is 10.3. The maximum atomic E-state index is 11.8. The molecule has 122 valence electrons. The number of hydrogen-bond acceptors (Lipinski definition) is 3. The van der Waals surface area contributed by atoms with E-state index in [4.69, 9.17) is 0 Å². The highest BCUT2D eigenvalue weighted by molar-refractivity contribution is 5.75. The van der Waals surface area contributed by atoms with E-state index in [2.05, 4.69) is 22.6 Å². The lowest BCUT2D eigenvalue weighted by Crippen LogP contribution is -2.35. The number of amides is 1. The van der Waals surface area contributed by atoms with E-state index in [1.165, 1.54) is 38.5 Å². The van der Waals surface area contributed by atoms with Crippen LogP contribution in [-0.4, -0.2) is 50.1 Å². The third-order valence-corrected chi connectivity index (χ3v) is 5.15. The van der Waals surface area contributed by atoms with Crippen LogP contribution in [-0.2, 0) is 4.79 Å². The third-order valence-electron chi connectivity index (χ3n) is 5.15. The molecule has 2 fully saturated rings. The minimum atomic E-state index is 0.238. The van der Waals surface area contributed by atoms with Gasteiger partial charge in [-0.1, -0.05) is 19.3 Å². The van der Waals surface area contributed by atoms with E-state index < -0.39 is 0 Å². The summed E-state index contributed by atoms with van der Waals surface area (Å²) in [6.45, 7) is 4.16. The second-order valence-corrected chi connectivity index (χ2v) is 6.87. The molecule has 1 atom stereocenters. The maximum Gasteiger partial charge on any atom is 0.220 e. The summed E-state index contributed by atoms with van der Waals surface area (Å²) in [6.07, 6.45) is 11.0. The van der Waals surface area contributed by atoms with Gasteiger partial charge in [0.25, 0.3) is 0 Å². The lowest BCUT2D eigenvalue weighted by molar-refractivity contribution is -0.121. The van der Waals surface area contributed by atoms with Crippen molar-refractivity contribution >= 4 is 5.91 Å². The molecule has 1 amide bonds. The van der Waals surface area contributed by atoms with Gasteiger partial charge in [0.2, 0.25) is 5.91 Å². The quantitative estimate of drug-likeness (QED) is 0.674. The largest absolute Gasteiger partial charge is 0.356 e. The number of rotatable bonds is 8. The predicted octanol–water partition coefficient (Wildman–Crippen LogP) is 2.15. The second-order valence-electron chi connectivity index (χ2n) is 6.87. The number of nitrogens with zero attached hydrogens (tertiary/aromatic N) is 1. The molecule has 1 aliphatic heterocycles. The fourth-order valence-corrected chi connectivity index (χ4v) is 3.65. The van der Waals surface area contributed by atoms with Crippen molar-refractivity contribution in [3.05, 3.63) is 0 Å². The molecule has 1 unspecified atom stereocenters. The molecule has 0 aromatic heterocycles. The molecule has 21 heavy (non-hydrogen) atoms. The van der Waals surface area contributed by atoms with Crippen LogP contribution in [0.1, 0.15) is 57.8 Å². The molecule has 0 bridgehead atoms. The lowest BCUT2D eigenvalue weighted by atomic mass is 9.94. The van der Waals surface area contributed by atoms with Gasteiger partial charge in [0.15, 0.2) is 0 Å². The summed E-state index contributed by atoms with van der Waals surface area (Å²) in [7, 11) is 2.24. The van der Waals surface area contributed by atoms with Crippen molar-refractivity contribution < 1.29 is 4.79 Å². The zero-order valence-electron chi connectivity index (χ0n) is 13.7. The van der Waals surface area contributed by atoms with Crippen LogP contribution in [0.3, 0.4) is 0 Å². The average Bonchev–Trinajstić information content (AvgIpc) is 3.03. The average molecular weight is 295 g/mol. The first-order valence-corrected chi connectivity index (χ1v) is 8.93. The van der Waals surface area contributed by atoms with Gasteiger partial charge in [0, 0.05) is 19.0 Å². The van der Waals surface area contributed by atoms with Gasteiger partial charge < -0.3 is 15.5 Å². The summed E-state index contributed by atoms with van der Waals surface area (Å²) in [6, 6.07) is 0.782. The smallest absolute Gasteiger partial charge is 0.220 e. The zero-order chi connectivity index (χ0) is 14.9. The molecule has 0 aromatic carbocycles. The summed E-state index contributed by atoms with van der Waals surface area (Å²) >= 11 is 0. The Labute approximate surface area is 130 Å². The van der Waals surface area contributed by atoms with Crippen molar-refractivity contribution in [3.8, 4) is 0 Å². The maximum absolute atomic E-state index is 11.8. The Kier molecular flexibility index (Phi) is 7.51. The van der Waals surface area contributed by atoms with Crippen LogP contribution < -0.4 is 10.6 Å². The van der Waals surface area contributed by atoms with E-state index >= 15 is 0 Å².